The van der Waals surface area contributed by atoms with Gasteiger partial charge in [0.2, 0.25) is 11.8 Å². The fourth-order valence-electron chi connectivity index (χ4n) is 3.71. The fourth-order valence-corrected chi connectivity index (χ4v) is 3.71. The van der Waals surface area contributed by atoms with Gasteiger partial charge in [-0.2, -0.15) is 4.98 Å². The second kappa shape index (κ2) is 11.9. The minimum atomic E-state index is -0.781. The van der Waals surface area contributed by atoms with Crippen molar-refractivity contribution < 1.29 is 34.2 Å². The molecule has 11 nitrogen and oxygen atoms in total. The monoisotopic (exact) mass is 428 g/mol. The number of ether oxygens (including phenoxy) is 1. The second-order valence-electron chi connectivity index (χ2n) is 7.85. The quantitative estimate of drug-likeness (QED) is 0.443. The van der Waals surface area contributed by atoms with Crippen molar-refractivity contribution in [3.63, 3.8) is 0 Å². The van der Waals surface area contributed by atoms with Gasteiger partial charge in [-0.15, -0.1) is 0 Å². The van der Waals surface area contributed by atoms with E-state index < -0.39 is 18.6 Å². The van der Waals surface area contributed by atoms with Crippen molar-refractivity contribution >= 4 is 12.4 Å². The van der Waals surface area contributed by atoms with Crippen LogP contribution in [0, 0.1) is 0 Å². The molecule has 1 aromatic heterocycles. The Labute approximate surface area is 175 Å². The smallest absolute Gasteiger partial charge is 0.290 e. The Kier molecular flexibility index (Phi) is 9.63. The molecule has 0 spiro atoms. The summed E-state index contributed by atoms with van der Waals surface area (Å²) in [5.74, 6) is 1.53. The molecule has 0 aliphatic carbocycles. The van der Waals surface area contributed by atoms with Crippen LogP contribution in [0.1, 0.15) is 56.7 Å². The average Bonchev–Trinajstić information content (AvgIpc) is 3.23. The Morgan fingerprint density at radius 1 is 1.33 bits per heavy atom. The molecule has 0 saturated carbocycles. The molecule has 170 valence electrons. The summed E-state index contributed by atoms with van der Waals surface area (Å²) >= 11 is 0. The maximum atomic E-state index is 11.4. The topological polar surface area (TPSA) is 158 Å². The summed E-state index contributed by atoms with van der Waals surface area (Å²) in [5, 5.41) is 33.0. The van der Waals surface area contributed by atoms with Crippen LogP contribution in [0.3, 0.4) is 0 Å². The number of aromatic nitrogens is 2. The van der Waals surface area contributed by atoms with E-state index in [1.807, 2.05) is 13.8 Å². The van der Waals surface area contributed by atoms with Gasteiger partial charge in [0.05, 0.1) is 12.1 Å². The van der Waals surface area contributed by atoms with Gasteiger partial charge in [0, 0.05) is 25.0 Å². The van der Waals surface area contributed by atoms with Gasteiger partial charge < -0.3 is 34.8 Å². The Bertz CT molecular complexity index is 661. The third-order valence-electron chi connectivity index (χ3n) is 5.39. The summed E-state index contributed by atoms with van der Waals surface area (Å²) in [6, 6.07) is -0.381. The minimum Gasteiger partial charge on any atom is -0.483 e. The van der Waals surface area contributed by atoms with Gasteiger partial charge in [-0.3, -0.25) is 9.59 Å². The van der Waals surface area contributed by atoms with E-state index in [1.165, 1.54) is 0 Å². The van der Waals surface area contributed by atoms with Crippen LogP contribution in [0.2, 0.25) is 0 Å². The lowest BCUT2D eigenvalue weighted by Crippen LogP contribution is -2.56. The van der Waals surface area contributed by atoms with E-state index in [1.54, 1.807) is 0 Å². The molecule has 3 atom stereocenters. The van der Waals surface area contributed by atoms with Gasteiger partial charge in [-0.1, -0.05) is 19.0 Å². The van der Waals surface area contributed by atoms with Crippen LogP contribution < -0.4 is 5.32 Å². The molecule has 2 aliphatic rings. The average molecular weight is 428 g/mol. The second-order valence-corrected chi connectivity index (χ2v) is 7.85. The number of carbonyl (C=O) groups is 2. The molecule has 0 unspecified atom stereocenters. The summed E-state index contributed by atoms with van der Waals surface area (Å²) in [6.45, 7) is 6.09. The summed E-state index contributed by atoms with van der Waals surface area (Å²) in [5.41, 5.74) is 0. The largest absolute Gasteiger partial charge is 0.483 e. The molecule has 0 radical (unpaired) electrons. The zero-order valence-electron chi connectivity index (χ0n) is 17.4. The van der Waals surface area contributed by atoms with Crippen LogP contribution in [-0.4, -0.2) is 93.8 Å². The van der Waals surface area contributed by atoms with E-state index in [2.05, 4.69) is 20.4 Å². The first-order chi connectivity index (χ1) is 14.4. The van der Waals surface area contributed by atoms with Crippen LogP contribution in [0.4, 0.5) is 0 Å². The molecular weight excluding hydrogens is 396 g/mol. The Morgan fingerprint density at radius 3 is 2.57 bits per heavy atom. The highest BCUT2D eigenvalue weighted by atomic mass is 16.5. The van der Waals surface area contributed by atoms with E-state index in [0.29, 0.717) is 19.6 Å². The van der Waals surface area contributed by atoms with Gasteiger partial charge >= 0.3 is 0 Å². The number of aliphatic hydroxyl groups is 2. The molecule has 2 fully saturated rings. The molecule has 0 bridgehead atoms. The van der Waals surface area contributed by atoms with Gasteiger partial charge in [-0.25, -0.2) is 0 Å². The molecule has 3 rings (SSSR count). The van der Waals surface area contributed by atoms with E-state index in [9.17, 15) is 9.90 Å². The number of nitrogens with zero attached hydrogens (tertiary/aromatic N) is 3. The maximum absolute atomic E-state index is 11.4. The van der Waals surface area contributed by atoms with Gasteiger partial charge in [-0.05, 0) is 32.4 Å². The molecule has 30 heavy (non-hydrogen) atoms. The summed E-state index contributed by atoms with van der Waals surface area (Å²) < 4.78 is 11.2. The van der Waals surface area contributed by atoms with Crippen molar-refractivity contribution in [1.29, 1.82) is 0 Å². The molecular formula is C19H32N4O7. The van der Waals surface area contributed by atoms with Crippen LogP contribution >= 0.6 is 0 Å². The highest BCUT2D eigenvalue weighted by Gasteiger charge is 2.35. The summed E-state index contributed by atoms with van der Waals surface area (Å²) in [6.07, 6.45) is 1.26. The molecule has 3 heterocycles. The first-order valence-electron chi connectivity index (χ1n) is 10.2. The lowest BCUT2D eigenvalue weighted by Gasteiger charge is -2.39. The number of piperidine rings is 1. The number of likely N-dealkylation sites (tertiary alicyclic amines) is 1. The Balaban J connectivity index is 0.00000101. The lowest BCUT2D eigenvalue weighted by atomic mass is 9.94. The van der Waals surface area contributed by atoms with Gasteiger partial charge in [0.25, 0.3) is 6.47 Å². The molecule has 1 amide bonds. The first-order valence-corrected chi connectivity index (χ1v) is 10.2. The maximum Gasteiger partial charge on any atom is 0.290 e. The van der Waals surface area contributed by atoms with E-state index in [0.717, 1.165) is 37.6 Å². The molecule has 2 saturated heterocycles. The third-order valence-corrected chi connectivity index (χ3v) is 5.39. The lowest BCUT2D eigenvalue weighted by molar-refractivity contribution is -0.132. The predicted octanol–water partition coefficient (Wildman–Crippen LogP) is -0.300. The Hall–Kier alpha value is -2.08. The number of carbonyl (C=O) groups excluding carboxylic acids is 1. The first kappa shape index (κ1) is 24.2. The highest BCUT2D eigenvalue weighted by Crippen LogP contribution is 2.28. The van der Waals surface area contributed by atoms with Crippen molar-refractivity contribution in [2.45, 2.75) is 63.2 Å². The molecule has 4 N–H and O–H groups in total. The standard InChI is InChI=1S/C18H30N4O5.CH2O2/c1-11(2)17-20-18(27-21-17)12-3-6-22(7-4-12)9-14-16(25)13(5-8-26-14)19-15(24)10-23;2-1-3/h11-14,16,23,25H,3-10H2,1-2H3,(H,19,24);1H,(H,2,3)/t13-,14+,16-;/m0./s1. The molecule has 1 aromatic rings. The summed E-state index contributed by atoms with van der Waals surface area (Å²) in [7, 11) is 0. The van der Waals surface area contributed by atoms with Crippen molar-refractivity contribution in [3.8, 4) is 0 Å². The third kappa shape index (κ3) is 6.73. The number of rotatable bonds is 6. The predicted molar refractivity (Wildman–Crippen MR) is 105 cm³/mol. The van der Waals surface area contributed by atoms with Gasteiger partial charge in [0.15, 0.2) is 5.82 Å². The highest BCUT2D eigenvalue weighted by molar-refractivity contribution is 5.77. The molecule has 2 aliphatic heterocycles. The fraction of sp³-hybridized carbons (Fsp3) is 0.789. The Morgan fingerprint density at radius 2 is 2.00 bits per heavy atom. The van der Waals surface area contributed by atoms with Gasteiger partial charge in [0.1, 0.15) is 12.7 Å². The summed E-state index contributed by atoms with van der Waals surface area (Å²) in [4.78, 5) is 26.5. The van der Waals surface area contributed by atoms with Crippen molar-refractivity contribution in [2.24, 2.45) is 0 Å². The normalized spacial score (nSPS) is 25.4. The zero-order chi connectivity index (χ0) is 22.1. The number of amides is 1. The van der Waals surface area contributed by atoms with E-state index in [-0.39, 0.29) is 30.5 Å². The van der Waals surface area contributed by atoms with E-state index >= 15 is 0 Å². The molecule has 11 heteroatoms. The number of nitrogens with one attached hydrogen (secondary N) is 1. The van der Waals surface area contributed by atoms with Crippen LogP contribution in [-0.2, 0) is 14.3 Å². The number of hydrogen-bond acceptors (Lipinski definition) is 9. The number of carboxylic acid groups (broad SMARTS) is 1. The SMILES string of the molecule is CC(C)c1noc(C2CCN(C[C@H]3OCC[C@H](NC(=O)CO)[C@@H]3O)CC2)n1.O=CO. The minimum absolute atomic E-state index is 0.250. The zero-order valence-corrected chi connectivity index (χ0v) is 17.4. The van der Waals surface area contributed by atoms with Crippen LogP contribution in [0.15, 0.2) is 4.52 Å². The van der Waals surface area contributed by atoms with Crippen molar-refractivity contribution in [2.75, 3.05) is 32.8 Å². The number of aliphatic hydroxyl groups excluding tert-OH is 2. The van der Waals surface area contributed by atoms with Crippen molar-refractivity contribution in [1.82, 2.24) is 20.4 Å². The number of hydrogen-bond donors (Lipinski definition) is 4. The van der Waals surface area contributed by atoms with Crippen molar-refractivity contribution in [3.05, 3.63) is 11.7 Å². The van der Waals surface area contributed by atoms with E-state index in [4.69, 9.17) is 24.3 Å². The van der Waals surface area contributed by atoms with Crippen LogP contribution in [0.5, 0.6) is 0 Å². The molecule has 0 aromatic carbocycles. The van der Waals surface area contributed by atoms with Crippen LogP contribution in [0.25, 0.3) is 0 Å².